The Labute approximate surface area is 79.8 Å². The maximum atomic E-state index is 5.92. The molecule has 0 bridgehead atoms. The fourth-order valence-corrected chi connectivity index (χ4v) is 2.32. The van der Waals surface area contributed by atoms with E-state index in [1.54, 1.807) is 0 Å². The first-order valence-corrected chi connectivity index (χ1v) is 5.38. The van der Waals surface area contributed by atoms with E-state index in [2.05, 4.69) is 17.2 Å². The molecule has 3 nitrogen and oxygen atoms in total. The van der Waals surface area contributed by atoms with Gasteiger partial charge < -0.3 is 11.1 Å². The minimum atomic E-state index is 0.393. The van der Waals surface area contributed by atoms with Gasteiger partial charge in [0.25, 0.3) is 0 Å². The van der Waals surface area contributed by atoms with Crippen molar-refractivity contribution < 1.29 is 0 Å². The molecule has 0 aromatic heterocycles. The molecule has 1 aliphatic heterocycles. The lowest BCUT2D eigenvalue weighted by Gasteiger charge is -2.28. The van der Waals surface area contributed by atoms with Gasteiger partial charge in [-0.2, -0.15) is 0 Å². The van der Waals surface area contributed by atoms with Crippen LogP contribution in [0.25, 0.3) is 0 Å². The van der Waals surface area contributed by atoms with Crippen molar-refractivity contribution in [3.8, 4) is 0 Å². The predicted octanol–water partition coefficient (Wildman–Crippen LogP) is 1.04. The van der Waals surface area contributed by atoms with Gasteiger partial charge in [-0.1, -0.05) is 6.92 Å². The smallest absolute Gasteiger partial charge is 0.0970 e. The number of hydrogen-bond acceptors (Lipinski definition) is 3. The second kappa shape index (κ2) is 3.66. The van der Waals surface area contributed by atoms with Crippen LogP contribution >= 0.6 is 0 Å². The van der Waals surface area contributed by atoms with E-state index in [1.807, 2.05) is 0 Å². The SMILES string of the molecule is CCCC1=NC2CCC(N)CC2N1. The highest BCUT2D eigenvalue weighted by Gasteiger charge is 2.33. The zero-order valence-electron chi connectivity index (χ0n) is 8.29. The Morgan fingerprint density at radius 2 is 2.38 bits per heavy atom. The zero-order valence-corrected chi connectivity index (χ0v) is 8.29. The number of aliphatic imine (C=N–C) groups is 1. The lowest BCUT2D eigenvalue weighted by Crippen LogP contribution is -2.44. The monoisotopic (exact) mass is 181 g/mol. The minimum Gasteiger partial charge on any atom is -0.369 e. The van der Waals surface area contributed by atoms with E-state index in [9.17, 15) is 0 Å². The summed E-state index contributed by atoms with van der Waals surface area (Å²) in [7, 11) is 0. The summed E-state index contributed by atoms with van der Waals surface area (Å²) in [5, 5.41) is 3.49. The Balaban J connectivity index is 1.94. The molecule has 3 atom stereocenters. The first kappa shape index (κ1) is 9.00. The van der Waals surface area contributed by atoms with Crippen LogP contribution in [-0.2, 0) is 0 Å². The number of nitrogens with one attached hydrogen (secondary N) is 1. The number of amidine groups is 1. The third kappa shape index (κ3) is 1.85. The molecule has 3 N–H and O–H groups in total. The minimum absolute atomic E-state index is 0.393. The van der Waals surface area contributed by atoms with Gasteiger partial charge in [-0.3, -0.25) is 4.99 Å². The Kier molecular flexibility index (Phi) is 2.54. The topological polar surface area (TPSA) is 50.4 Å². The van der Waals surface area contributed by atoms with Crippen molar-refractivity contribution in [2.24, 2.45) is 10.7 Å². The summed E-state index contributed by atoms with van der Waals surface area (Å²) in [5.41, 5.74) is 5.92. The van der Waals surface area contributed by atoms with Gasteiger partial charge >= 0.3 is 0 Å². The van der Waals surface area contributed by atoms with E-state index in [0.29, 0.717) is 18.1 Å². The summed E-state index contributed by atoms with van der Waals surface area (Å²) >= 11 is 0. The van der Waals surface area contributed by atoms with E-state index < -0.39 is 0 Å². The molecule has 2 aliphatic rings. The van der Waals surface area contributed by atoms with Crippen LogP contribution < -0.4 is 11.1 Å². The molecule has 0 aromatic carbocycles. The molecule has 0 aromatic rings. The molecule has 0 radical (unpaired) electrons. The van der Waals surface area contributed by atoms with Crippen molar-refractivity contribution in [3.05, 3.63) is 0 Å². The second-order valence-electron chi connectivity index (χ2n) is 4.22. The van der Waals surface area contributed by atoms with Crippen LogP contribution in [-0.4, -0.2) is 24.0 Å². The molecule has 13 heavy (non-hydrogen) atoms. The Morgan fingerprint density at radius 1 is 1.54 bits per heavy atom. The summed E-state index contributed by atoms with van der Waals surface area (Å²) in [5.74, 6) is 1.21. The molecular formula is C10H19N3. The van der Waals surface area contributed by atoms with Crippen LogP contribution in [0.3, 0.4) is 0 Å². The molecule has 3 unspecified atom stereocenters. The highest BCUT2D eigenvalue weighted by molar-refractivity contribution is 5.84. The average Bonchev–Trinajstić information content (AvgIpc) is 2.46. The van der Waals surface area contributed by atoms with Crippen LogP contribution in [0.2, 0.25) is 0 Å². The van der Waals surface area contributed by atoms with Crippen LogP contribution in [0.5, 0.6) is 0 Å². The van der Waals surface area contributed by atoms with Crippen molar-refractivity contribution in [2.45, 2.75) is 57.2 Å². The van der Waals surface area contributed by atoms with Gasteiger partial charge in [0.2, 0.25) is 0 Å². The van der Waals surface area contributed by atoms with Crippen LogP contribution in [0, 0.1) is 0 Å². The molecular weight excluding hydrogens is 162 g/mol. The van der Waals surface area contributed by atoms with Gasteiger partial charge in [-0.15, -0.1) is 0 Å². The van der Waals surface area contributed by atoms with E-state index in [1.165, 1.54) is 18.7 Å². The Hall–Kier alpha value is -0.570. The van der Waals surface area contributed by atoms with Gasteiger partial charge in [0.05, 0.1) is 17.9 Å². The number of fused-ring (bicyclic) bond motifs is 1. The normalized spacial score (nSPS) is 38.0. The molecule has 2 rings (SSSR count). The fourth-order valence-electron chi connectivity index (χ4n) is 2.32. The number of rotatable bonds is 2. The first-order valence-electron chi connectivity index (χ1n) is 5.38. The van der Waals surface area contributed by atoms with Crippen molar-refractivity contribution >= 4 is 5.84 Å². The van der Waals surface area contributed by atoms with Gasteiger partial charge in [0.15, 0.2) is 0 Å². The lowest BCUT2D eigenvalue weighted by molar-refractivity contribution is 0.347. The average molecular weight is 181 g/mol. The summed E-state index contributed by atoms with van der Waals surface area (Å²) in [6.07, 6.45) is 5.69. The zero-order chi connectivity index (χ0) is 9.26. The molecule has 1 heterocycles. The standard InChI is InChI=1S/C10H19N3/c1-2-3-10-12-8-5-4-7(11)6-9(8)13-10/h7-9H,2-6,11H2,1H3,(H,12,13). The van der Waals surface area contributed by atoms with E-state index in [4.69, 9.17) is 5.73 Å². The van der Waals surface area contributed by atoms with Gasteiger partial charge in [0.1, 0.15) is 0 Å². The van der Waals surface area contributed by atoms with Crippen LogP contribution in [0.4, 0.5) is 0 Å². The molecule has 1 fully saturated rings. The van der Waals surface area contributed by atoms with E-state index >= 15 is 0 Å². The van der Waals surface area contributed by atoms with Gasteiger partial charge in [-0.25, -0.2) is 0 Å². The maximum Gasteiger partial charge on any atom is 0.0970 e. The Bertz CT molecular complexity index is 212. The van der Waals surface area contributed by atoms with E-state index in [0.717, 1.165) is 19.3 Å². The third-order valence-corrected chi connectivity index (χ3v) is 3.01. The van der Waals surface area contributed by atoms with Crippen molar-refractivity contribution in [1.29, 1.82) is 0 Å². The highest BCUT2D eigenvalue weighted by atomic mass is 15.1. The largest absolute Gasteiger partial charge is 0.369 e. The third-order valence-electron chi connectivity index (χ3n) is 3.01. The number of hydrogen-bond donors (Lipinski definition) is 2. The molecule has 74 valence electrons. The van der Waals surface area contributed by atoms with Crippen LogP contribution in [0.1, 0.15) is 39.0 Å². The van der Waals surface area contributed by atoms with Crippen molar-refractivity contribution in [2.75, 3.05) is 0 Å². The second-order valence-corrected chi connectivity index (χ2v) is 4.22. The molecule has 0 spiro atoms. The molecule has 1 aliphatic carbocycles. The molecule has 1 saturated carbocycles. The quantitative estimate of drug-likeness (QED) is 0.668. The van der Waals surface area contributed by atoms with Crippen LogP contribution in [0.15, 0.2) is 4.99 Å². The number of nitrogens with two attached hydrogens (primary N) is 1. The maximum absolute atomic E-state index is 5.92. The summed E-state index contributed by atoms with van der Waals surface area (Å²) in [4.78, 5) is 4.68. The molecule has 3 heteroatoms. The Morgan fingerprint density at radius 3 is 3.15 bits per heavy atom. The van der Waals surface area contributed by atoms with Crippen molar-refractivity contribution in [3.63, 3.8) is 0 Å². The number of nitrogens with zero attached hydrogens (tertiary/aromatic N) is 1. The fraction of sp³-hybridized carbons (Fsp3) is 0.900. The summed E-state index contributed by atoms with van der Waals surface area (Å²) < 4.78 is 0. The summed E-state index contributed by atoms with van der Waals surface area (Å²) in [6.45, 7) is 2.19. The first-order chi connectivity index (χ1) is 6.29. The van der Waals surface area contributed by atoms with E-state index in [-0.39, 0.29) is 0 Å². The van der Waals surface area contributed by atoms with Gasteiger partial charge in [-0.05, 0) is 25.7 Å². The molecule has 0 amide bonds. The molecule has 0 saturated heterocycles. The van der Waals surface area contributed by atoms with Crippen molar-refractivity contribution in [1.82, 2.24) is 5.32 Å². The highest BCUT2D eigenvalue weighted by Crippen LogP contribution is 2.24. The predicted molar refractivity (Wildman–Crippen MR) is 54.9 cm³/mol. The summed E-state index contributed by atoms with van der Waals surface area (Å²) in [6, 6.07) is 1.47. The van der Waals surface area contributed by atoms with Gasteiger partial charge in [0, 0.05) is 12.5 Å². The lowest BCUT2D eigenvalue weighted by atomic mass is 9.88.